The number of para-hydroxylation sites is 2. The van der Waals surface area contributed by atoms with Gasteiger partial charge in [-0.25, -0.2) is 0 Å². The second kappa shape index (κ2) is 8.82. The molecule has 2 nitrogen and oxygen atoms in total. The van der Waals surface area contributed by atoms with E-state index < -0.39 is 6.28 Å². The number of aromatic nitrogens is 2. The highest BCUT2D eigenvalue weighted by Gasteiger charge is 2.55. The third-order valence-corrected chi connectivity index (χ3v) is 9.21. The van der Waals surface area contributed by atoms with Crippen LogP contribution in [0.2, 0.25) is 0 Å². The molecule has 0 amide bonds. The van der Waals surface area contributed by atoms with Crippen LogP contribution in [0.25, 0.3) is 28.0 Å². The molecule has 196 valence electrons. The Hall–Kier alpha value is -4.37. The number of fused-ring (bicyclic) bond motifs is 5. The van der Waals surface area contributed by atoms with Crippen molar-refractivity contribution in [2.45, 2.75) is 41.5 Å². The Bertz CT molecular complexity index is 1860. The summed E-state index contributed by atoms with van der Waals surface area (Å²) in [6.07, 6.45) is 0.764. The molecule has 0 unspecified atom stereocenters. The van der Waals surface area contributed by atoms with Crippen molar-refractivity contribution in [2.24, 2.45) is 0 Å². The summed E-state index contributed by atoms with van der Waals surface area (Å²) < 4.78 is 5.13. The first-order valence-corrected chi connectivity index (χ1v) is 14.4. The van der Waals surface area contributed by atoms with Crippen LogP contribution >= 0.6 is 0 Å². The lowest BCUT2D eigenvalue weighted by Gasteiger charge is -2.38. The van der Waals surface area contributed by atoms with Crippen LogP contribution in [-0.2, 0) is 0 Å². The summed E-state index contributed by atoms with van der Waals surface area (Å²) in [5.41, 5.74) is 17.3. The third kappa shape index (κ3) is 3.21. The summed E-state index contributed by atoms with van der Waals surface area (Å²) in [6.45, 7) is 13.7. The zero-order valence-corrected chi connectivity index (χ0v) is 24.3. The van der Waals surface area contributed by atoms with Gasteiger partial charge in [0.2, 0.25) is 0 Å². The smallest absolute Gasteiger partial charge is 0.364 e. The maximum atomic E-state index is 2.63. The Balaban J connectivity index is 1.80. The van der Waals surface area contributed by atoms with Gasteiger partial charge in [-0.3, -0.25) is 0 Å². The van der Waals surface area contributed by atoms with E-state index in [9.17, 15) is 0 Å². The van der Waals surface area contributed by atoms with Crippen LogP contribution in [0, 0.1) is 41.5 Å². The van der Waals surface area contributed by atoms with Crippen LogP contribution in [0.5, 0.6) is 0 Å². The number of aryl methyl sites for hydroxylation is 6. The fourth-order valence-corrected chi connectivity index (χ4v) is 8.33. The lowest BCUT2D eigenvalue weighted by atomic mass is 9.22. The van der Waals surface area contributed by atoms with E-state index in [0.717, 1.165) is 0 Å². The van der Waals surface area contributed by atoms with Gasteiger partial charge in [-0.15, -0.1) is 10.9 Å². The Morgan fingerprint density at radius 1 is 0.550 bits per heavy atom. The standard InChI is InChI=1S/C37H35BN2/c1-24-20-26(3)34(27(4)21-24)38(35-28(5)22-25(2)23-29(35)6)36-31-16-10-11-17-32(31)40(30-14-8-7-9-15-30)37(36)33-18-12-13-19-39(33)38/h7-23H,1-6H3. The van der Waals surface area contributed by atoms with E-state index in [-0.39, 0.29) is 0 Å². The largest absolute Gasteiger partial charge is 0.407 e. The van der Waals surface area contributed by atoms with Gasteiger partial charge in [0.15, 0.2) is 5.69 Å². The van der Waals surface area contributed by atoms with E-state index in [1.807, 2.05) is 0 Å². The van der Waals surface area contributed by atoms with Crippen molar-refractivity contribution in [3.8, 4) is 17.1 Å². The summed E-state index contributed by atoms with van der Waals surface area (Å²) in [6, 6.07) is 36.1. The van der Waals surface area contributed by atoms with Gasteiger partial charge >= 0.3 is 6.28 Å². The molecule has 0 saturated carbocycles. The van der Waals surface area contributed by atoms with Crippen molar-refractivity contribution in [2.75, 3.05) is 0 Å². The molecular formula is C37H35BN2. The summed E-state index contributed by atoms with van der Waals surface area (Å²) >= 11 is 0. The van der Waals surface area contributed by atoms with Crippen LogP contribution in [0.1, 0.15) is 33.4 Å². The normalized spacial score (nSPS) is 13.4. The SMILES string of the molecule is Cc1cc(C)c([B-]2(c3c(C)cc(C)cc3C)c3c(n(-c4ccccc4)c4ccccc34)-c3cccc[n+]32)c(C)c1. The van der Waals surface area contributed by atoms with Crippen molar-refractivity contribution >= 4 is 33.6 Å². The predicted molar refractivity (Wildman–Crippen MR) is 170 cm³/mol. The zero-order valence-electron chi connectivity index (χ0n) is 24.3. The zero-order chi connectivity index (χ0) is 27.8. The number of rotatable bonds is 3. The Labute approximate surface area is 237 Å². The first kappa shape index (κ1) is 24.7. The fraction of sp³-hybridized carbons (Fsp3) is 0.162. The van der Waals surface area contributed by atoms with E-state index in [4.69, 9.17) is 0 Å². The van der Waals surface area contributed by atoms with Crippen LogP contribution in [0.4, 0.5) is 0 Å². The summed E-state index contributed by atoms with van der Waals surface area (Å²) in [7, 11) is 0. The second-order valence-corrected chi connectivity index (χ2v) is 11.9. The molecule has 0 spiro atoms. The average molecular weight is 519 g/mol. The monoisotopic (exact) mass is 518 g/mol. The molecule has 2 aromatic heterocycles. The molecule has 6 aromatic rings. The molecule has 0 aliphatic carbocycles. The average Bonchev–Trinajstić information content (AvgIpc) is 3.40. The highest BCUT2D eigenvalue weighted by molar-refractivity contribution is 7.09. The van der Waals surface area contributed by atoms with Crippen molar-refractivity contribution in [3.05, 3.63) is 137 Å². The molecule has 0 atom stereocenters. The van der Waals surface area contributed by atoms with Gasteiger partial charge in [-0.05, 0) is 71.2 Å². The summed E-state index contributed by atoms with van der Waals surface area (Å²) in [5, 5.41) is 1.32. The minimum atomic E-state index is -1.57. The maximum Gasteiger partial charge on any atom is 0.364 e. The Kier molecular flexibility index (Phi) is 5.44. The molecule has 0 N–H and O–H groups in total. The molecule has 1 aliphatic rings. The van der Waals surface area contributed by atoms with E-state index in [0.29, 0.717) is 0 Å². The quantitative estimate of drug-likeness (QED) is 0.244. The van der Waals surface area contributed by atoms with Crippen LogP contribution < -0.4 is 20.9 Å². The van der Waals surface area contributed by atoms with Crippen molar-refractivity contribution in [1.29, 1.82) is 0 Å². The molecule has 0 radical (unpaired) electrons. The lowest BCUT2D eigenvalue weighted by molar-refractivity contribution is -0.524. The van der Waals surface area contributed by atoms with Crippen molar-refractivity contribution in [3.63, 3.8) is 0 Å². The molecule has 7 rings (SSSR count). The number of hydrogen-bond acceptors (Lipinski definition) is 0. The summed E-state index contributed by atoms with van der Waals surface area (Å²) in [5.74, 6) is 0. The van der Waals surface area contributed by atoms with Crippen LogP contribution in [0.15, 0.2) is 103 Å². The molecule has 3 heterocycles. The van der Waals surface area contributed by atoms with Gasteiger partial charge in [-0.2, -0.15) is 0 Å². The molecule has 1 aliphatic heterocycles. The van der Waals surface area contributed by atoms with E-state index in [2.05, 4.69) is 154 Å². The van der Waals surface area contributed by atoms with E-state index in [1.165, 1.54) is 77.7 Å². The molecular weight excluding hydrogens is 483 g/mol. The second-order valence-electron chi connectivity index (χ2n) is 11.9. The fourth-order valence-electron chi connectivity index (χ4n) is 8.33. The van der Waals surface area contributed by atoms with Crippen LogP contribution in [-0.4, -0.2) is 10.8 Å². The van der Waals surface area contributed by atoms with Gasteiger partial charge in [-0.1, -0.05) is 106 Å². The summed E-state index contributed by atoms with van der Waals surface area (Å²) in [4.78, 5) is 0. The molecule has 3 heteroatoms. The van der Waals surface area contributed by atoms with Crippen LogP contribution in [0.3, 0.4) is 0 Å². The number of pyridine rings is 1. The predicted octanol–water partition coefficient (Wildman–Crippen LogP) is 6.26. The van der Waals surface area contributed by atoms with E-state index >= 15 is 0 Å². The van der Waals surface area contributed by atoms with Gasteiger partial charge in [0.1, 0.15) is 6.20 Å². The van der Waals surface area contributed by atoms with Gasteiger partial charge in [0.25, 0.3) is 0 Å². The molecule has 4 aromatic carbocycles. The maximum absolute atomic E-state index is 2.63. The topological polar surface area (TPSA) is 8.81 Å². The van der Waals surface area contributed by atoms with Gasteiger partial charge in [0, 0.05) is 11.8 Å². The van der Waals surface area contributed by atoms with E-state index in [1.54, 1.807) is 0 Å². The Morgan fingerprint density at radius 3 is 1.68 bits per heavy atom. The Morgan fingerprint density at radius 2 is 1.07 bits per heavy atom. The minimum absolute atomic E-state index is 1.19. The lowest BCUT2D eigenvalue weighted by Crippen LogP contribution is -2.84. The van der Waals surface area contributed by atoms with Gasteiger partial charge < -0.3 is 9.05 Å². The van der Waals surface area contributed by atoms with Crippen molar-refractivity contribution in [1.82, 2.24) is 4.57 Å². The third-order valence-electron chi connectivity index (χ3n) is 9.21. The number of nitrogens with zero attached hydrogens (tertiary/aromatic N) is 2. The highest BCUT2D eigenvalue weighted by atomic mass is 15.1. The van der Waals surface area contributed by atoms with Gasteiger partial charge in [0.05, 0.1) is 11.2 Å². The minimum Gasteiger partial charge on any atom is -0.407 e. The first-order valence-electron chi connectivity index (χ1n) is 14.4. The molecule has 40 heavy (non-hydrogen) atoms. The molecule has 0 fully saturated rings. The van der Waals surface area contributed by atoms with Crippen molar-refractivity contribution < 1.29 is 4.48 Å². The first-order chi connectivity index (χ1) is 19.3. The molecule has 0 saturated heterocycles. The molecule has 0 bridgehead atoms. The number of hydrogen-bond donors (Lipinski definition) is 0. The number of benzene rings is 4. The highest BCUT2D eigenvalue weighted by Crippen LogP contribution is 2.36.